The third-order valence-corrected chi connectivity index (χ3v) is 4.89. The van der Waals surface area contributed by atoms with E-state index in [9.17, 15) is 24.1 Å². The molecule has 0 heterocycles. The second kappa shape index (κ2) is 10.5. The molecule has 0 spiro atoms. The van der Waals surface area contributed by atoms with Crippen molar-refractivity contribution in [1.82, 2.24) is 5.32 Å². The normalized spacial score (nSPS) is 10.9. The molecule has 168 valence electrons. The van der Waals surface area contributed by atoms with Crippen molar-refractivity contribution in [2.75, 3.05) is 12.4 Å². The van der Waals surface area contributed by atoms with Gasteiger partial charge in [0.05, 0.1) is 17.6 Å². The molecular formula is C23H17BrFN3O5. The number of carbonyl (C=O) groups is 2. The number of benzene rings is 3. The van der Waals surface area contributed by atoms with Crippen LogP contribution in [-0.4, -0.2) is 23.8 Å². The molecule has 33 heavy (non-hydrogen) atoms. The Morgan fingerprint density at radius 1 is 1.09 bits per heavy atom. The molecule has 3 aromatic carbocycles. The summed E-state index contributed by atoms with van der Waals surface area (Å²) >= 11 is 3.29. The fourth-order valence-electron chi connectivity index (χ4n) is 2.83. The maximum absolute atomic E-state index is 13.2. The second-order valence-corrected chi connectivity index (χ2v) is 7.59. The molecule has 0 aliphatic rings. The molecule has 0 fully saturated rings. The first-order valence-corrected chi connectivity index (χ1v) is 10.2. The number of non-ortho nitro benzene ring substituents is 1. The number of nitro groups is 1. The minimum atomic E-state index is -0.713. The Balaban J connectivity index is 1.97. The summed E-state index contributed by atoms with van der Waals surface area (Å²) in [5.74, 6) is -1.55. The van der Waals surface area contributed by atoms with E-state index in [4.69, 9.17) is 4.74 Å². The number of hydrogen-bond acceptors (Lipinski definition) is 5. The fraction of sp³-hybridized carbons (Fsp3) is 0.0435. The number of nitrogens with zero attached hydrogens (tertiary/aromatic N) is 1. The Morgan fingerprint density at radius 3 is 2.48 bits per heavy atom. The Hall–Kier alpha value is -4.05. The van der Waals surface area contributed by atoms with Gasteiger partial charge in [-0.2, -0.15) is 0 Å². The van der Waals surface area contributed by atoms with Gasteiger partial charge in [-0.05, 0) is 54.1 Å². The number of amides is 2. The SMILES string of the molecule is COc1ccc(Br)cc1C(=O)N/C(=C\c1cccc([N+](=O)[O-])c1)C(=O)Nc1ccc(F)cc1. The molecule has 0 saturated heterocycles. The molecule has 3 aromatic rings. The fourth-order valence-corrected chi connectivity index (χ4v) is 3.19. The van der Waals surface area contributed by atoms with Gasteiger partial charge in [0.1, 0.15) is 17.3 Å². The molecule has 0 bridgehead atoms. The van der Waals surface area contributed by atoms with Crippen molar-refractivity contribution in [3.05, 3.63) is 104 Å². The lowest BCUT2D eigenvalue weighted by atomic mass is 10.1. The number of carbonyl (C=O) groups excluding carboxylic acids is 2. The topological polar surface area (TPSA) is 111 Å². The van der Waals surface area contributed by atoms with Crippen molar-refractivity contribution < 1.29 is 23.6 Å². The van der Waals surface area contributed by atoms with Crippen molar-refractivity contribution in [2.24, 2.45) is 0 Å². The van der Waals surface area contributed by atoms with Crippen molar-refractivity contribution in [3.63, 3.8) is 0 Å². The van der Waals surface area contributed by atoms with Crippen LogP contribution in [0.5, 0.6) is 5.75 Å². The molecule has 0 aliphatic carbocycles. The van der Waals surface area contributed by atoms with Crippen LogP contribution in [0, 0.1) is 15.9 Å². The predicted octanol–water partition coefficient (Wildman–Crippen LogP) is 4.91. The summed E-state index contributed by atoms with van der Waals surface area (Å²) in [6.07, 6.45) is 1.30. The zero-order chi connectivity index (χ0) is 24.0. The average molecular weight is 514 g/mol. The Morgan fingerprint density at radius 2 is 1.82 bits per heavy atom. The number of nitro benzene ring substituents is 1. The van der Waals surface area contributed by atoms with Crippen LogP contribution in [0.3, 0.4) is 0 Å². The number of hydrogen-bond donors (Lipinski definition) is 2. The molecule has 0 saturated carbocycles. The zero-order valence-corrected chi connectivity index (χ0v) is 18.8. The van der Waals surface area contributed by atoms with Gasteiger partial charge in [-0.15, -0.1) is 0 Å². The molecule has 3 rings (SSSR count). The summed E-state index contributed by atoms with van der Waals surface area (Å²) in [6.45, 7) is 0. The molecule has 0 atom stereocenters. The molecule has 0 aliphatic heterocycles. The monoisotopic (exact) mass is 513 g/mol. The number of rotatable bonds is 7. The molecular weight excluding hydrogens is 497 g/mol. The third kappa shape index (κ3) is 6.23. The van der Waals surface area contributed by atoms with E-state index < -0.39 is 22.6 Å². The van der Waals surface area contributed by atoms with Crippen LogP contribution in [0.25, 0.3) is 6.08 Å². The van der Waals surface area contributed by atoms with Crippen LogP contribution in [0.1, 0.15) is 15.9 Å². The molecule has 0 radical (unpaired) electrons. The van der Waals surface area contributed by atoms with Gasteiger partial charge in [0.2, 0.25) is 0 Å². The summed E-state index contributed by atoms with van der Waals surface area (Å²) in [5, 5.41) is 16.2. The van der Waals surface area contributed by atoms with E-state index in [-0.39, 0.29) is 22.7 Å². The minimum Gasteiger partial charge on any atom is -0.496 e. The van der Waals surface area contributed by atoms with Gasteiger partial charge in [0.25, 0.3) is 17.5 Å². The van der Waals surface area contributed by atoms with Crippen LogP contribution in [0.15, 0.2) is 76.9 Å². The lowest BCUT2D eigenvalue weighted by Crippen LogP contribution is -2.31. The number of nitrogens with one attached hydrogen (secondary N) is 2. The molecule has 0 aromatic heterocycles. The van der Waals surface area contributed by atoms with Gasteiger partial charge < -0.3 is 15.4 Å². The summed E-state index contributed by atoms with van der Waals surface area (Å²) in [5.41, 5.74) is 0.399. The van der Waals surface area contributed by atoms with Crippen LogP contribution < -0.4 is 15.4 Å². The minimum absolute atomic E-state index is 0.159. The van der Waals surface area contributed by atoms with E-state index >= 15 is 0 Å². The van der Waals surface area contributed by atoms with Crippen molar-refractivity contribution in [2.45, 2.75) is 0 Å². The van der Waals surface area contributed by atoms with E-state index in [0.29, 0.717) is 15.7 Å². The lowest BCUT2D eigenvalue weighted by Gasteiger charge is -2.13. The van der Waals surface area contributed by atoms with Crippen molar-refractivity contribution in [3.8, 4) is 5.75 Å². The first kappa shape index (κ1) is 23.6. The number of ether oxygens (including phenoxy) is 1. The zero-order valence-electron chi connectivity index (χ0n) is 17.2. The van der Waals surface area contributed by atoms with Crippen molar-refractivity contribution >= 4 is 45.2 Å². The van der Waals surface area contributed by atoms with E-state index in [0.717, 1.165) is 0 Å². The largest absolute Gasteiger partial charge is 0.496 e. The third-order valence-electron chi connectivity index (χ3n) is 4.39. The standard InChI is InChI=1S/C23H17BrFN3O5/c1-33-21-10-5-15(24)13-19(21)22(29)27-20(12-14-3-2-4-18(11-14)28(31)32)23(30)26-17-8-6-16(25)7-9-17/h2-13H,1H3,(H,26,30)(H,27,29)/b20-12-. The highest BCUT2D eigenvalue weighted by Gasteiger charge is 2.19. The highest BCUT2D eigenvalue weighted by molar-refractivity contribution is 9.10. The number of halogens is 2. The maximum atomic E-state index is 13.2. The number of methoxy groups -OCH3 is 1. The van der Waals surface area contributed by atoms with Gasteiger partial charge in [0.15, 0.2) is 0 Å². The summed E-state index contributed by atoms with van der Waals surface area (Å²) < 4.78 is 19.0. The van der Waals surface area contributed by atoms with E-state index in [1.807, 2.05) is 0 Å². The second-order valence-electron chi connectivity index (χ2n) is 6.67. The smallest absolute Gasteiger partial charge is 0.272 e. The van der Waals surface area contributed by atoms with Gasteiger partial charge in [-0.1, -0.05) is 28.1 Å². The summed E-state index contributed by atoms with van der Waals surface area (Å²) in [6, 6.07) is 15.4. The van der Waals surface area contributed by atoms with Crippen LogP contribution in [0.4, 0.5) is 15.8 Å². The lowest BCUT2D eigenvalue weighted by molar-refractivity contribution is -0.384. The quantitative estimate of drug-likeness (QED) is 0.264. The average Bonchev–Trinajstić information content (AvgIpc) is 2.80. The Bertz CT molecular complexity index is 1250. The number of anilines is 1. The van der Waals surface area contributed by atoms with Crippen LogP contribution in [-0.2, 0) is 4.79 Å². The van der Waals surface area contributed by atoms with E-state index in [2.05, 4.69) is 26.6 Å². The molecule has 2 N–H and O–H groups in total. The Kier molecular flexibility index (Phi) is 7.52. The van der Waals surface area contributed by atoms with Gasteiger partial charge in [-0.25, -0.2) is 4.39 Å². The van der Waals surface area contributed by atoms with E-state index in [1.54, 1.807) is 18.2 Å². The van der Waals surface area contributed by atoms with Gasteiger partial charge in [-0.3, -0.25) is 19.7 Å². The maximum Gasteiger partial charge on any atom is 0.272 e. The molecule has 2 amide bonds. The van der Waals surface area contributed by atoms with Crippen LogP contribution >= 0.6 is 15.9 Å². The van der Waals surface area contributed by atoms with Crippen molar-refractivity contribution in [1.29, 1.82) is 0 Å². The van der Waals surface area contributed by atoms with Crippen LogP contribution in [0.2, 0.25) is 0 Å². The Labute approximate surface area is 196 Å². The molecule has 10 heteroatoms. The summed E-state index contributed by atoms with van der Waals surface area (Å²) in [7, 11) is 1.40. The highest BCUT2D eigenvalue weighted by Crippen LogP contribution is 2.24. The first-order chi connectivity index (χ1) is 15.8. The van der Waals surface area contributed by atoms with Gasteiger partial charge >= 0.3 is 0 Å². The molecule has 8 nitrogen and oxygen atoms in total. The van der Waals surface area contributed by atoms with E-state index in [1.165, 1.54) is 61.7 Å². The van der Waals surface area contributed by atoms with Gasteiger partial charge in [0, 0.05) is 22.3 Å². The molecule has 0 unspecified atom stereocenters. The summed E-state index contributed by atoms with van der Waals surface area (Å²) in [4.78, 5) is 36.4. The predicted molar refractivity (Wildman–Crippen MR) is 124 cm³/mol. The first-order valence-electron chi connectivity index (χ1n) is 9.45. The highest BCUT2D eigenvalue weighted by atomic mass is 79.9.